The summed E-state index contributed by atoms with van der Waals surface area (Å²) in [6.45, 7) is 3.20. The molecule has 0 radical (unpaired) electrons. The van der Waals surface area contributed by atoms with Crippen molar-refractivity contribution >= 4 is 44.6 Å². The van der Waals surface area contributed by atoms with E-state index < -0.39 is 22.2 Å². The molecule has 3 rings (SSSR count). The summed E-state index contributed by atoms with van der Waals surface area (Å²) in [4.78, 5) is 24.8. The second-order valence-electron chi connectivity index (χ2n) is 7.01. The van der Waals surface area contributed by atoms with Gasteiger partial charge in [0.1, 0.15) is 4.21 Å². The summed E-state index contributed by atoms with van der Waals surface area (Å²) in [6.07, 6.45) is -5.08. The molecule has 1 aromatic carbocycles. The van der Waals surface area contributed by atoms with Gasteiger partial charge < -0.3 is 20.2 Å². The zero-order valence-corrected chi connectivity index (χ0v) is 19.4. The second kappa shape index (κ2) is 10.9. The normalized spacial score (nSPS) is 14.2. The van der Waals surface area contributed by atoms with E-state index in [0.717, 1.165) is 43.2 Å². The number of carbonyl (C=O) groups excluding carboxylic acids is 1. The maximum Gasteiger partial charge on any atom is 0.490 e. The lowest BCUT2D eigenvalue weighted by atomic mass is 10.1. The van der Waals surface area contributed by atoms with Crippen LogP contribution in [0.4, 0.5) is 24.5 Å². The second-order valence-corrected chi connectivity index (χ2v) is 9.87. The number of carboxylic acids is 1. The average Bonchev–Trinajstić information content (AvgIpc) is 3.29. The number of nitrogens with one attached hydrogen (secondary N) is 2. The van der Waals surface area contributed by atoms with Crippen molar-refractivity contribution < 1.29 is 36.3 Å². The summed E-state index contributed by atoms with van der Waals surface area (Å²) < 4.78 is 60.0. The average molecular weight is 509 g/mol. The van der Waals surface area contributed by atoms with E-state index in [1.54, 1.807) is 43.7 Å². The van der Waals surface area contributed by atoms with Crippen LogP contribution in [0.2, 0.25) is 0 Å². The lowest BCUT2D eigenvalue weighted by Crippen LogP contribution is -2.43. The van der Waals surface area contributed by atoms with Gasteiger partial charge in [0.15, 0.2) is 0 Å². The first-order chi connectivity index (χ1) is 15.3. The first kappa shape index (κ1) is 26.4. The number of nitrogens with zero attached hydrogens (tertiary/aromatic N) is 2. The number of rotatable bonds is 5. The van der Waals surface area contributed by atoms with Crippen LogP contribution in [0, 0.1) is 0 Å². The number of carboxylic acid groups (broad SMARTS) is 1. The van der Waals surface area contributed by atoms with Gasteiger partial charge in [0.2, 0.25) is 0 Å². The molecule has 0 atom stereocenters. The van der Waals surface area contributed by atoms with Crippen molar-refractivity contribution in [1.82, 2.24) is 10.2 Å². The molecule has 1 aliphatic heterocycles. The van der Waals surface area contributed by atoms with Crippen molar-refractivity contribution in [2.75, 3.05) is 49.9 Å². The van der Waals surface area contributed by atoms with Crippen molar-refractivity contribution in [3.63, 3.8) is 0 Å². The van der Waals surface area contributed by atoms with Gasteiger partial charge in [-0.25, -0.2) is 13.2 Å². The van der Waals surface area contributed by atoms with Gasteiger partial charge >= 0.3 is 12.1 Å². The molecule has 1 aliphatic rings. The molecule has 0 saturated carbocycles. The van der Waals surface area contributed by atoms with E-state index in [9.17, 15) is 26.4 Å². The van der Waals surface area contributed by atoms with Crippen LogP contribution < -0.4 is 14.9 Å². The largest absolute Gasteiger partial charge is 0.490 e. The third-order valence-electron chi connectivity index (χ3n) is 4.35. The van der Waals surface area contributed by atoms with Gasteiger partial charge in [-0.05, 0) is 29.6 Å². The number of piperazine rings is 1. The van der Waals surface area contributed by atoms with Crippen LogP contribution in [0.5, 0.6) is 0 Å². The van der Waals surface area contributed by atoms with Crippen molar-refractivity contribution in [2.45, 2.75) is 10.4 Å². The molecule has 1 aromatic heterocycles. The Bertz CT molecular complexity index is 1070. The predicted octanol–water partition coefficient (Wildman–Crippen LogP) is 2.29. The smallest absolute Gasteiger partial charge is 0.475 e. The minimum Gasteiger partial charge on any atom is -0.475 e. The van der Waals surface area contributed by atoms with Crippen molar-refractivity contribution in [3.05, 3.63) is 41.3 Å². The minimum atomic E-state index is -5.08. The van der Waals surface area contributed by atoms with Crippen LogP contribution in [0.1, 0.15) is 10.4 Å². The maximum atomic E-state index is 12.7. The fourth-order valence-electron chi connectivity index (χ4n) is 2.80. The van der Waals surface area contributed by atoms with E-state index in [4.69, 9.17) is 9.90 Å². The summed E-state index contributed by atoms with van der Waals surface area (Å²) >= 11 is 1.16. The molecule has 182 valence electrons. The third-order valence-corrected chi connectivity index (χ3v) is 7.12. The molecule has 2 aromatic rings. The van der Waals surface area contributed by atoms with Crippen LogP contribution >= 0.6 is 11.3 Å². The van der Waals surface area contributed by atoms with Crippen molar-refractivity contribution in [1.29, 1.82) is 0 Å². The number of halogens is 3. The van der Waals surface area contributed by atoms with Gasteiger partial charge in [-0.3, -0.25) is 9.52 Å². The van der Waals surface area contributed by atoms with Crippen LogP contribution in [0.15, 0.2) is 39.9 Å². The number of hydrogen-bond donors (Lipinski definition) is 3. The number of thiophene rings is 1. The van der Waals surface area contributed by atoms with E-state index >= 15 is 0 Å². The van der Waals surface area contributed by atoms with Crippen molar-refractivity contribution in [3.8, 4) is 0 Å². The van der Waals surface area contributed by atoms with Crippen LogP contribution in [-0.2, 0) is 14.8 Å². The lowest BCUT2D eigenvalue weighted by molar-refractivity contribution is -0.192. The SMILES string of the molecule is CN(C)C(=O)c1ccc(N2CCNCC2)c(NS(=O)(=O)c2cccs2)c1.O=C(O)C(F)(F)F. The van der Waals surface area contributed by atoms with Gasteiger partial charge in [0.25, 0.3) is 15.9 Å². The Morgan fingerprint density at radius 3 is 2.27 bits per heavy atom. The van der Waals surface area contributed by atoms with Crippen LogP contribution in [-0.4, -0.2) is 76.8 Å². The molecule has 0 spiro atoms. The number of anilines is 2. The molecule has 0 bridgehead atoms. The third kappa shape index (κ3) is 7.33. The Balaban J connectivity index is 0.000000479. The molecule has 1 amide bonds. The van der Waals surface area contributed by atoms with Gasteiger partial charge in [-0.15, -0.1) is 11.3 Å². The molecule has 0 unspecified atom stereocenters. The van der Waals surface area contributed by atoms with E-state index in [0.29, 0.717) is 11.3 Å². The number of alkyl halides is 3. The topological polar surface area (TPSA) is 119 Å². The number of aliphatic carboxylic acids is 1. The first-order valence-electron chi connectivity index (χ1n) is 9.50. The Hall–Kier alpha value is -2.84. The molecule has 33 heavy (non-hydrogen) atoms. The first-order valence-corrected chi connectivity index (χ1v) is 11.9. The van der Waals surface area contributed by atoms with Gasteiger partial charge in [0, 0.05) is 45.8 Å². The molecule has 9 nitrogen and oxygen atoms in total. The number of amides is 1. The zero-order chi connectivity index (χ0) is 24.8. The fourth-order valence-corrected chi connectivity index (χ4v) is 4.86. The number of benzene rings is 1. The molecule has 3 N–H and O–H groups in total. The Morgan fingerprint density at radius 2 is 1.79 bits per heavy atom. The van der Waals surface area contributed by atoms with E-state index in [1.165, 1.54) is 4.90 Å². The zero-order valence-electron chi connectivity index (χ0n) is 17.7. The Morgan fingerprint density at radius 1 is 1.18 bits per heavy atom. The summed E-state index contributed by atoms with van der Waals surface area (Å²) in [5.74, 6) is -2.93. The quantitative estimate of drug-likeness (QED) is 0.567. The van der Waals surface area contributed by atoms with Crippen LogP contribution in [0.3, 0.4) is 0 Å². The minimum absolute atomic E-state index is 0.173. The van der Waals surface area contributed by atoms with E-state index in [-0.39, 0.29) is 10.1 Å². The number of sulfonamides is 1. The molecule has 0 aliphatic carbocycles. The van der Waals surface area contributed by atoms with E-state index in [1.807, 2.05) is 6.07 Å². The van der Waals surface area contributed by atoms with Crippen LogP contribution in [0.25, 0.3) is 0 Å². The van der Waals surface area contributed by atoms with Gasteiger partial charge in [0.05, 0.1) is 11.4 Å². The standard InChI is InChI=1S/C17H22N4O3S2.C2HF3O2/c1-20(2)17(22)13-5-6-15(21-9-7-18-8-10-21)14(12-13)19-26(23,24)16-4-3-11-25-16;3-2(4,5)1(6)7/h3-6,11-12,18-19H,7-10H2,1-2H3;(H,6,7). The Kier molecular flexibility index (Phi) is 8.69. The monoisotopic (exact) mass is 508 g/mol. The Labute approximate surface area is 192 Å². The van der Waals surface area contributed by atoms with Gasteiger partial charge in [-0.1, -0.05) is 6.07 Å². The molecule has 1 fully saturated rings. The highest BCUT2D eigenvalue weighted by Gasteiger charge is 2.38. The molecule has 1 saturated heterocycles. The summed E-state index contributed by atoms with van der Waals surface area (Å²) in [5, 5.41) is 12.1. The summed E-state index contributed by atoms with van der Waals surface area (Å²) in [7, 11) is -0.355. The summed E-state index contributed by atoms with van der Waals surface area (Å²) in [5.41, 5.74) is 1.65. The maximum absolute atomic E-state index is 12.7. The number of carbonyl (C=O) groups is 2. The van der Waals surface area contributed by atoms with Gasteiger partial charge in [-0.2, -0.15) is 13.2 Å². The highest BCUT2D eigenvalue weighted by Crippen LogP contribution is 2.31. The molecular weight excluding hydrogens is 485 g/mol. The number of hydrogen-bond acceptors (Lipinski definition) is 7. The molecule has 2 heterocycles. The highest BCUT2D eigenvalue weighted by atomic mass is 32.2. The fraction of sp³-hybridized carbons (Fsp3) is 0.368. The lowest BCUT2D eigenvalue weighted by Gasteiger charge is -2.31. The predicted molar refractivity (Wildman–Crippen MR) is 118 cm³/mol. The summed E-state index contributed by atoms with van der Waals surface area (Å²) in [6, 6.07) is 8.43. The van der Waals surface area contributed by atoms with Crippen molar-refractivity contribution in [2.24, 2.45) is 0 Å². The van der Waals surface area contributed by atoms with E-state index in [2.05, 4.69) is 14.9 Å². The highest BCUT2D eigenvalue weighted by molar-refractivity contribution is 7.94. The molecule has 14 heteroatoms. The molecular formula is C19H23F3N4O5S2.